The summed E-state index contributed by atoms with van der Waals surface area (Å²) in [6, 6.07) is 19.8. The molecule has 4 aliphatic rings. The lowest BCUT2D eigenvalue weighted by molar-refractivity contribution is -0.138. The van der Waals surface area contributed by atoms with Gasteiger partial charge < -0.3 is 55.0 Å². The van der Waals surface area contributed by atoms with Crippen molar-refractivity contribution in [1.29, 1.82) is 0 Å². The van der Waals surface area contributed by atoms with E-state index in [0.717, 1.165) is 28.0 Å². The summed E-state index contributed by atoms with van der Waals surface area (Å²) in [5, 5.41) is 14.7. The minimum atomic E-state index is -1.09. The molecule has 0 spiro atoms. The van der Waals surface area contributed by atoms with Crippen LogP contribution < -0.4 is 40.1 Å². The van der Waals surface area contributed by atoms with Crippen LogP contribution in [0.2, 0.25) is 0 Å². The Balaban J connectivity index is 0.867. The number of amides is 4. The Hall–Kier alpha value is -7.99. The van der Waals surface area contributed by atoms with Gasteiger partial charge in [0.25, 0.3) is 11.8 Å². The van der Waals surface area contributed by atoms with Crippen molar-refractivity contribution in [3.63, 3.8) is 0 Å². The van der Waals surface area contributed by atoms with E-state index in [2.05, 4.69) is 10.6 Å². The fourth-order valence-electron chi connectivity index (χ4n) is 8.87. The Labute approximate surface area is 411 Å². The molecule has 0 aromatic heterocycles. The van der Waals surface area contributed by atoms with E-state index in [1.54, 1.807) is 71.9 Å². The topological polar surface area (TPSA) is 233 Å². The number of carbonyl (C=O) groups excluding carboxylic acids is 4. The third-order valence-electron chi connectivity index (χ3n) is 12.9. The van der Waals surface area contributed by atoms with Gasteiger partial charge in [0.1, 0.15) is 11.8 Å². The molecule has 4 aromatic rings. The maximum Gasteiger partial charge on any atom is 0.303 e. The molecule has 18 heteroatoms. The van der Waals surface area contributed by atoms with Crippen molar-refractivity contribution in [2.75, 3.05) is 46.4 Å². The van der Waals surface area contributed by atoms with Crippen molar-refractivity contribution in [3.8, 4) is 28.7 Å². The third kappa shape index (κ3) is 10.9. The average molecular weight is 968 g/mol. The summed E-state index contributed by atoms with van der Waals surface area (Å²) in [5.41, 5.74) is 11.6. The maximum atomic E-state index is 14.1. The van der Waals surface area contributed by atoms with E-state index < -0.39 is 29.7 Å². The number of nitrogens with one attached hydrogen (secondary N) is 2. The van der Waals surface area contributed by atoms with Gasteiger partial charge in [-0.15, -0.1) is 0 Å². The Bertz CT molecular complexity index is 2820. The van der Waals surface area contributed by atoms with E-state index >= 15 is 0 Å². The van der Waals surface area contributed by atoms with Gasteiger partial charge >= 0.3 is 5.97 Å². The third-order valence-corrected chi connectivity index (χ3v) is 12.9. The first kappa shape index (κ1) is 49.4. The summed E-state index contributed by atoms with van der Waals surface area (Å²) in [5.74, 6) is -0.732. The standard InChI is InChI=1S/C53H57N7O11/c1-30(2)41(25-54)50(63)58-42(15-16-49(61)62)51(64)57-35-11-7-31(8-12-35)33-19-36-26-55-43-23-47(45(68-4)21-39(43)52(65)59(36)28-33)70-17-6-18-71-48-24-44-40(22-46(48)69-5)53(66)60-29-34(20-37(60)27-56-44)32-9-13-38(67-3)14-10-32/h7-14,21-24,26-30,36-37,41-42H,6,15-20,25,54H2,1-5H3,(H,57,64)(H,58,63)(H,61,62)/t36-,37-,41-,42-/m0/s1. The number of nitrogens with two attached hydrogens (primary N) is 1. The molecule has 0 bridgehead atoms. The molecule has 4 aliphatic heterocycles. The molecule has 0 saturated heterocycles. The van der Waals surface area contributed by atoms with E-state index in [1.165, 1.54) is 14.2 Å². The second kappa shape index (κ2) is 21.8. The van der Waals surface area contributed by atoms with Crippen LogP contribution in [0.4, 0.5) is 17.1 Å². The number of methoxy groups -OCH3 is 3. The van der Waals surface area contributed by atoms with Crippen LogP contribution in [-0.2, 0) is 14.4 Å². The largest absolute Gasteiger partial charge is 0.497 e. The number of carboxylic acids is 1. The molecule has 0 saturated carbocycles. The van der Waals surface area contributed by atoms with E-state index in [1.807, 2.05) is 56.4 Å². The van der Waals surface area contributed by atoms with Crippen molar-refractivity contribution in [3.05, 3.63) is 107 Å². The molecule has 18 nitrogen and oxygen atoms in total. The van der Waals surface area contributed by atoms with Gasteiger partial charge in [-0.05, 0) is 71.0 Å². The molecule has 0 radical (unpaired) electrons. The highest BCUT2D eigenvalue weighted by atomic mass is 16.5. The van der Waals surface area contributed by atoms with E-state index in [4.69, 9.17) is 39.4 Å². The molecule has 5 N–H and O–H groups in total. The number of anilines is 1. The van der Waals surface area contributed by atoms with Crippen LogP contribution in [0.25, 0.3) is 11.1 Å². The van der Waals surface area contributed by atoms with Gasteiger partial charge in [0.05, 0.1) is 75.0 Å². The number of hydrogen-bond acceptors (Lipinski definition) is 13. The fourth-order valence-corrected chi connectivity index (χ4v) is 8.87. The number of ether oxygens (including phenoxy) is 5. The van der Waals surface area contributed by atoms with E-state index in [-0.39, 0.29) is 62.4 Å². The van der Waals surface area contributed by atoms with Crippen molar-refractivity contribution >= 4 is 70.2 Å². The number of nitrogens with zero attached hydrogens (tertiary/aromatic N) is 4. The monoisotopic (exact) mass is 967 g/mol. The van der Waals surface area contributed by atoms with Gasteiger partial charge in [0.2, 0.25) is 11.8 Å². The number of aliphatic carboxylic acids is 1. The van der Waals surface area contributed by atoms with Gasteiger partial charge in [0, 0.05) is 74.9 Å². The van der Waals surface area contributed by atoms with Gasteiger partial charge in [-0.2, -0.15) is 0 Å². The van der Waals surface area contributed by atoms with Crippen LogP contribution in [0, 0.1) is 11.8 Å². The summed E-state index contributed by atoms with van der Waals surface area (Å²) in [6.45, 7) is 4.29. The zero-order valence-corrected chi connectivity index (χ0v) is 40.2. The highest BCUT2D eigenvalue weighted by Crippen LogP contribution is 2.42. The summed E-state index contributed by atoms with van der Waals surface area (Å²) in [7, 11) is 4.64. The molecule has 4 amide bonds. The highest BCUT2D eigenvalue weighted by Gasteiger charge is 2.36. The Morgan fingerprint density at radius 3 is 1.68 bits per heavy atom. The number of carbonyl (C=O) groups is 5. The zero-order valence-electron chi connectivity index (χ0n) is 40.2. The van der Waals surface area contributed by atoms with Crippen LogP contribution >= 0.6 is 0 Å². The first-order chi connectivity index (χ1) is 34.3. The van der Waals surface area contributed by atoms with Crippen molar-refractivity contribution in [2.24, 2.45) is 27.6 Å². The lowest BCUT2D eigenvalue weighted by Gasteiger charge is -2.23. The van der Waals surface area contributed by atoms with Crippen LogP contribution in [0.5, 0.6) is 28.7 Å². The predicted octanol–water partition coefficient (Wildman–Crippen LogP) is 7.02. The second-order valence-electron chi connectivity index (χ2n) is 17.8. The Morgan fingerprint density at radius 1 is 0.718 bits per heavy atom. The summed E-state index contributed by atoms with van der Waals surface area (Å²) < 4.78 is 28.9. The number of benzene rings is 4. The quantitative estimate of drug-likeness (QED) is 0.0655. The lowest BCUT2D eigenvalue weighted by Crippen LogP contribution is -2.48. The number of rotatable bonds is 20. The molecular weight excluding hydrogens is 911 g/mol. The van der Waals surface area contributed by atoms with Gasteiger partial charge in [-0.1, -0.05) is 38.1 Å². The SMILES string of the molecule is COc1ccc(C2=CN3C(=O)c4cc(OC)c(OCCCOc5cc6c(cc5OC)C(=O)N5C=C(c7ccc(NC(=O)[C@H](CCC(=O)O)NC(=O)[C@@H](CN)C(C)C)cc7)C[C@H]5C=N6)cc4N=C[C@@H]3C2)cc1. The number of hydrogen-bond donors (Lipinski definition) is 4. The average Bonchev–Trinajstić information content (AvgIpc) is 3.95. The maximum absolute atomic E-state index is 14.1. The highest BCUT2D eigenvalue weighted by molar-refractivity contribution is 6.07. The number of aliphatic imine (C=N–C) groups is 2. The molecule has 8 rings (SSSR count). The fraction of sp³-hybridized carbons (Fsp3) is 0.340. The molecule has 4 atom stereocenters. The van der Waals surface area contributed by atoms with Crippen LogP contribution in [0.15, 0.2) is 95.2 Å². The normalized spacial score (nSPS) is 17.4. The number of carboxylic acid groups (broad SMARTS) is 1. The molecule has 71 heavy (non-hydrogen) atoms. The van der Waals surface area contributed by atoms with Crippen LogP contribution in [0.3, 0.4) is 0 Å². The zero-order chi connectivity index (χ0) is 50.3. The van der Waals surface area contributed by atoms with E-state index in [9.17, 15) is 29.1 Å². The molecule has 0 fully saturated rings. The van der Waals surface area contributed by atoms with Crippen molar-refractivity contribution in [2.45, 2.75) is 64.1 Å². The molecule has 0 unspecified atom stereocenters. The smallest absolute Gasteiger partial charge is 0.303 e. The first-order valence-electron chi connectivity index (χ1n) is 23.4. The lowest BCUT2D eigenvalue weighted by atomic mass is 9.94. The Morgan fingerprint density at radius 2 is 1.23 bits per heavy atom. The second-order valence-corrected chi connectivity index (χ2v) is 17.8. The summed E-state index contributed by atoms with van der Waals surface area (Å²) in [4.78, 5) is 78.2. The molecule has 370 valence electrons. The molecular formula is C53H57N7O11. The first-order valence-corrected chi connectivity index (χ1v) is 23.4. The van der Waals surface area contributed by atoms with Gasteiger partial charge in [-0.3, -0.25) is 34.0 Å². The van der Waals surface area contributed by atoms with Crippen molar-refractivity contribution in [1.82, 2.24) is 15.1 Å². The van der Waals surface area contributed by atoms with Crippen LogP contribution in [0.1, 0.15) is 77.8 Å². The molecule has 0 aliphatic carbocycles. The minimum absolute atomic E-state index is 0.0710. The number of fused-ring (bicyclic) bond motifs is 4. The van der Waals surface area contributed by atoms with Gasteiger partial charge in [-0.25, -0.2) is 0 Å². The molecule has 4 heterocycles. The summed E-state index contributed by atoms with van der Waals surface area (Å²) >= 11 is 0. The van der Waals surface area contributed by atoms with Gasteiger partial charge in [0.15, 0.2) is 23.0 Å². The Kier molecular flexibility index (Phi) is 15.1. The van der Waals surface area contributed by atoms with Crippen molar-refractivity contribution < 1.29 is 52.8 Å². The molecule has 4 aromatic carbocycles. The summed E-state index contributed by atoms with van der Waals surface area (Å²) in [6.07, 6.45) is 8.37. The van der Waals surface area contributed by atoms with E-state index in [0.29, 0.717) is 70.4 Å². The minimum Gasteiger partial charge on any atom is -0.497 e. The predicted molar refractivity (Wildman–Crippen MR) is 267 cm³/mol. The van der Waals surface area contributed by atoms with Crippen LogP contribution in [-0.4, -0.2) is 116 Å².